The van der Waals surface area contributed by atoms with Crippen LogP contribution in [0.2, 0.25) is 0 Å². The number of hydrogen-bond acceptors (Lipinski definition) is 4. The Morgan fingerprint density at radius 1 is 1.64 bits per heavy atom. The van der Waals surface area contributed by atoms with Crippen LogP contribution < -0.4 is 5.32 Å². The molecule has 0 spiro atoms. The molecule has 1 fully saturated rings. The zero-order valence-electron chi connectivity index (χ0n) is 8.40. The molecule has 4 heteroatoms. The third kappa shape index (κ3) is 2.33. The van der Waals surface area contributed by atoms with Gasteiger partial charge in [-0.3, -0.25) is 0 Å². The van der Waals surface area contributed by atoms with E-state index >= 15 is 0 Å². The van der Waals surface area contributed by atoms with Gasteiger partial charge < -0.3 is 14.6 Å². The van der Waals surface area contributed by atoms with E-state index in [4.69, 9.17) is 9.26 Å². The van der Waals surface area contributed by atoms with Crippen LogP contribution in [0, 0.1) is 0 Å². The van der Waals surface area contributed by atoms with Crippen molar-refractivity contribution in [3.8, 4) is 0 Å². The van der Waals surface area contributed by atoms with Crippen LogP contribution in [-0.2, 0) is 11.3 Å². The maximum Gasteiger partial charge on any atom is 0.124 e. The van der Waals surface area contributed by atoms with Gasteiger partial charge in [0.25, 0.3) is 0 Å². The zero-order valence-corrected chi connectivity index (χ0v) is 8.40. The summed E-state index contributed by atoms with van der Waals surface area (Å²) in [5, 5.41) is 7.24. The topological polar surface area (TPSA) is 47.3 Å². The summed E-state index contributed by atoms with van der Waals surface area (Å²) in [6, 6.07) is 2.47. The Kier molecular flexibility index (Phi) is 3.16. The van der Waals surface area contributed by atoms with Crippen LogP contribution in [0.5, 0.6) is 0 Å². The van der Waals surface area contributed by atoms with E-state index in [1.165, 1.54) is 0 Å². The molecule has 1 N–H and O–H groups in total. The van der Waals surface area contributed by atoms with Gasteiger partial charge in [-0.25, -0.2) is 0 Å². The fourth-order valence-electron chi connectivity index (χ4n) is 1.68. The summed E-state index contributed by atoms with van der Waals surface area (Å²) < 4.78 is 10.2. The van der Waals surface area contributed by atoms with Gasteiger partial charge in [0.1, 0.15) is 6.26 Å². The Labute approximate surface area is 83.6 Å². The lowest BCUT2D eigenvalue weighted by atomic mass is 9.89. The fraction of sp³-hybridized carbons (Fsp3) is 0.700. The van der Waals surface area contributed by atoms with Crippen molar-refractivity contribution in [2.45, 2.75) is 38.5 Å². The summed E-state index contributed by atoms with van der Waals surface area (Å²) in [6.07, 6.45) is 4.30. The van der Waals surface area contributed by atoms with Gasteiger partial charge >= 0.3 is 0 Å². The van der Waals surface area contributed by atoms with Crippen LogP contribution in [0.4, 0.5) is 0 Å². The van der Waals surface area contributed by atoms with Gasteiger partial charge in [0, 0.05) is 25.3 Å². The number of ether oxygens (including phenoxy) is 1. The minimum absolute atomic E-state index is 0.467. The van der Waals surface area contributed by atoms with Crippen molar-refractivity contribution in [1.82, 2.24) is 10.5 Å². The zero-order chi connectivity index (χ0) is 9.80. The quantitative estimate of drug-likeness (QED) is 0.771. The smallest absolute Gasteiger partial charge is 0.124 e. The maximum absolute atomic E-state index is 5.47. The Bertz CT molecular complexity index is 255. The number of nitrogens with zero attached hydrogens (tertiary/aromatic N) is 1. The molecule has 1 aliphatic rings. The van der Waals surface area contributed by atoms with Gasteiger partial charge in [-0.05, 0) is 19.8 Å². The first-order valence-electron chi connectivity index (χ1n) is 5.12. The van der Waals surface area contributed by atoms with Gasteiger partial charge in [-0.1, -0.05) is 5.16 Å². The Balaban J connectivity index is 1.61. The minimum atomic E-state index is 0.467. The Morgan fingerprint density at radius 2 is 2.50 bits per heavy atom. The molecule has 1 saturated carbocycles. The summed E-state index contributed by atoms with van der Waals surface area (Å²) in [7, 11) is 0. The van der Waals surface area contributed by atoms with Crippen LogP contribution in [0.1, 0.15) is 25.5 Å². The second kappa shape index (κ2) is 4.57. The minimum Gasteiger partial charge on any atom is -0.378 e. The van der Waals surface area contributed by atoms with Crippen LogP contribution >= 0.6 is 0 Å². The summed E-state index contributed by atoms with van der Waals surface area (Å²) >= 11 is 0. The van der Waals surface area contributed by atoms with Crippen LogP contribution in [0.3, 0.4) is 0 Å². The average Bonchev–Trinajstić information content (AvgIpc) is 2.61. The van der Waals surface area contributed by atoms with Crippen molar-refractivity contribution in [1.29, 1.82) is 0 Å². The van der Waals surface area contributed by atoms with E-state index in [1.54, 1.807) is 6.26 Å². The van der Waals surface area contributed by atoms with E-state index < -0.39 is 0 Å². The number of nitrogens with one attached hydrogen (secondary N) is 1. The Hall–Kier alpha value is -0.870. The predicted octanol–water partition coefficient (Wildman–Crippen LogP) is 1.33. The first kappa shape index (κ1) is 9.68. The molecule has 0 atom stereocenters. The standard InChI is InChI=1S/C10H16N2O2/c1-2-13-10-5-9(6-10)11-7-8-3-4-14-12-8/h3-4,9-11H,2,5-7H2,1H3. The van der Waals surface area contributed by atoms with E-state index in [-0.39, 0.29) is 0 Å². The van der Waals surface area contributed by atoms with E-state index in [1.807, 2.05) is 13.0 Å². The van der Waals surface area contributed by atoms with E-state index in [2.05, 4.69) is 10.5 Å². The van der Waals surface area contributed by atoms with Crippen molar-refractivity contribution in [2.24, 2.45) is 0 Å². The van der Waals surface area contributed by atoms with Crippen LogP contribution in [0.15, 0.2) is 16.9 Å². The van der Waals surface area contributed by atoms with Gasteiger partial charge in [0.05, 0.1) is 11.8 Å². The predicted molar refractivity (Wildman–Crippen MR) is 51.8 cm³/mol. The first-order valence-corrected chi connectivity index (χ1v) is 5.12. The molecular formula is C10H16N2O2. The summed E-state index contributed by atoms with van der Waals surface area (Å²) in [5.74, 6) is 0. The summed E-state index contributed by atoms with van der Waals surface area (Å²) in [5.41, 5.74) is 0.963. The van der Waals surface area contributed by atoms with E-state index in [0.29, 0.717) is 12.1 Å². The molecule has 0 aromatic carbocycles. The molecule has 0 radical (unpaired) electrons. The molecule has 1 aromatic heterocycles. The highest BCUT2D eigenvalue weighted by atomic mass is 16.5. The van der Waals surface area contributed by atoms with Crippen molar-refractivity contribution in [3.63, 3.8) is 0 Å². The fourth-order valence-corrected chi connectivity index (χ4v) is 1.68. The molecule has 1 heterocycles. The molecule has 4 nitrogen and oxygen atoms in total. The lowest BCUT2D eigenvalue weighted by molar-refractivity contribution is -0.0103. The van der Waals surface area contributed by atoms with Crippen molar-refractivity contribution >= 4 is 0 Å². The van der Waals surface area contributed by atoms with Crippen LogP contribution in [0.25, 0.3) is 0 Å². The summed E-state index contributed by atoms with van der Waals surface area (Å²) in [6.45, 7) is 3.65. The molecule has 0 amide bonds. The van der Waals surface area contributed by atoms with Gasteiger partial charge in [0.2, 0.25) is 0 Å². The highest BCUT2D eigenvalue weighted by molar-refractivity contribution is 4.96. The van der Waals surface area contributed by atoms with Crippen LogP contribution in [-0.4, -0.2) is 23.9 Å². The van der Waals surface area contributed by atoms with Gasteiger partial charge in [0.15, 0.2) is 0 Å². The van der Waals surface area contributed by atoms with E-state index in [9.17, 15) is 0 Å². The molecule has 78 valence electrons. The van der Waals surface area contributed by atoms with Gasteiger partial charge in [-0.2, -0.15) is 0 Å². The maximum atomic E-state index is 5.47. The monoisotopic (exact) mass is 196 g/mol. The summed E-state index contributed by atoms with van der Waals surface area (Å²) in [4.78, 5) is 0. The molecular weight excluding hydrogens is 180 g/mol. The Morgan fingerprint density at radius 3 is 3.14 bits per heavy atom. The SMILES string of the molecule is CCOC1CC(NCc2ccon2)C1. The normalized spacial score (nSPS) is 26.1. The lowest BCUT2D eigenvalue weighted by Crippen LogP contribution is -2.45. The van der Waals surface area contributed by atoms with Gasteiger partial charge in [-0.15, -0.1) is 0 Å². The van der Waals surface area contributed by atoms with Crippen molar-refractivity contribution < 1.29 is 9.26 Å². The third-order valence-electron chi connectivity index (χ3n) is 2.56. The lowest BCUT2D eigenvalue weighted by Gasteiger charge is -2.35. The largest absolute Gasteiger partial charge is 0.378 e. The highest BCUT2D eigenvalue weighted by Crippen LogP contribution is 2.23. The van der Waals surface area contributed by atoms with Crippen molar-refractivity contribution in [3.05, 3.63) is 18.0 Å². The average molecular weight is 196 g/mol. The number of hydrogen-bond donors (Lipinski definition) is 1. The third-order valence-corrected chi connectivity index (χ3v) is 2.56. The van der Waals surface area contributed by atoms with E-state index in [0.717, 1.165) is 31.7 Å². The number of rotatable bonds is 5. The highest BCUT2D eigenvalue weighted by Gasteiger charge is 2.28. The molecule has 0 unspecified atom stereocenters. The molecule has 1 aliphatic carbocycles. The second-order valence-electron chi connectivity index (χ2n) is 3.62. The first-order chi connectivity index (χ1) is 6.88. The van der Waals surface area contributed by atoms with Crippen molar-refractivity contribution in [2.75, 3.05) is 6.61 Å². The number of aromatic nitrogens is 1. The molecule has 0 aliphatic heterocycles. The molecule has 0 saturated heterocycles. The second-order valence-corrected chi connectivity index (χ2v) is 3.62. The molecule has 0 bridgehead atoms. The molecule has 14 heavy (non-hydrogen) atoms. The molecule has 1 aromatic rings. The molecule has 2 rings (SSSR count).